The lowest BCUT2D eigenvalue weighted by Gasteiger charge is -2.22. The van der Waals surface area contributed by atoms with E-state index in [2.05, 4.69) is 32.8 Å². The number of hydrogen-bond acceptors (Lipinski definition) is 3. The van der Waals surface area contributed by atoms with E-state index < -0.39 is 0 Å². The lowest BCUT2D eigenvalue weighted by molar-refractivity contribution is 0.127. The Morgan fingerprint density at radius 2 is 2.00 bits per heavy atom. The average Bonchev–Trinajstić information content (AvgIpc) is 2.39. The molecular weight excluding hydrogens is 327 g/mol. The maximum absolute atomic E-state index is 5.37. The molecule has 3 nitrogen and oxygen atoms in total. The maximum atomic E-state index is 5.37. The largest absolute Gasteiger partial charge is 0.364 e. The zero-order valence-electron chi connectivity index (χ0n) is 9.51. The van der Waals surface area contributed by atoms with Crippen LogP contribution in [0.3, 0.4) is 0 Å². The molecule has 0 amide bonds. The molecule has 0 saturated carbocycles. The Balaban J connectivity index is 2.03. The zero-order chi connectivity index (χ0) is 12.1. The summed E-state index contributed by atoms with van der Waals surface area (Å²) >= 11 is 2.28. The van der Waals surface area contributed by atoms with E-state index in [9.17, 15) is 0 Å². The molecule has 0 heterocycles. The number of benzene rings is 1. The third-order valence-electron chi connectivity index (χ3n) is 2.47. The van der Waals surface area contributed by atoms with Crippen molar-refractivity contribution in [2.75, 3.05) is 7.11 Å². The molecule has 1 atom stereocenters. The predicted octanol–water partition coefficient (Wildman–Crippen LogP) is 4.39. The van der Waals surface area contributed by atoms with Crippen molar-refractivity contribution in [1.82, 2.24) is 0 Å². The Morgan fingerprint density at radius 3 is 2.59 bits per heavy atom. The van der Waals surface area contributed by atoms with Crippen LogP contribution >= 0.6 is 22.6 Å². The van der Waals surface area contributed by atoms with E-state index in [1.54, 1.807) is 7.11 Å². The first-order valence-corrected chi connectivity index (χ1v) is 6.40. The van der Waals surface area contributed by atoms with Crippen LogP contribution in [0.1, 0.15) is 6.42 Å². The Hall–Kier alpha value is -1.01. The third-order valence-corrected chi connectivity index (χ3v) is 3.71. The van der Waals surface area contributed by atoms with Gasteiger partial charge in [0, 0.05) is 13.5 Å². The smallest absolute Gasteiger partial charge is 0.140 e. The molecule has 1 unspecified atom stereocenters. The number of allylic oxidation sites excluding steroid dienone is 1. The first-order chi connectivity index (χ1) is 8.22. The van der Waals surface area contributed by atoms with Gasteiger partial charge in [0.1, 0.15) is 3.61 Å². The van der Waals surface area contributed by atoms with Crippen molar-refractivity contribution >= 4 is 28.3 Å². The average molecular weight is 340 g/mol. The highest BCUT2D eigenvalue weighted by Gasteiger charge is 2.23. The minimum Gasteiger partial charge on any atom is -0.364 e. The molecule has 2 rings (SSSR count). The van der Waals surface area contributed by atoms with Gasteiger partial charge in [0.05, 0.1) is 11.4 Å². The lowest BCUT2D eigenvalue weighted by atomic mass is 10.1. The van der Waals surface area contributed by atoms with Gasteiger partial charge in [0.25, 0.3) is 0 Å². The molecule has 0 spiro atoms. The second-order valence-electron chi connectivity index (χ2n) is 3.69. The van der Waals surface area contributed by atoms with Crippen molar-refractivity contribution in [2.24, 2.45) is 10.2 Å². The SMILES string of the molecule is COC1(I)C=CC(N=Nc2ccccc2)=CC1. The number of ether oxygens (including phenoxy) is 1. The highest BCUT2D eigenvalue weighted by molar-refractivity contribution is 14.1. The zero-order valence-corrected chi connectivity index (χ0v) is 11.7. The molecule has 0 N–H and O–H groups in total. The quantitative estimate of drug-likeness (QED) is 0.456. The fraction of sp³-hybridized carbons (Fsp3) is 0.231. The molecule has 1 aliphatic rings. The number of hydrogen-bond donors (Lipinski definition) is 0. The monoisotopic (exact) mass is 340 g/mol. The normalized spacial score (nSPS) is 24.0. The van der Waals surface area contributed by atoms with E-state index in [1.165, 1.54) is 0 Å². The Morgan fingerprint density at radius 1 is 1.24 bits per heavy atom. The summed E-state index contributed by atoms with van der Waals surface area (Å²) in [6.45, 7) is 0. The van der Waals surface area contributed by atoms with Crippen LogP contribution in [0.25, 0.3) is 0 Å². The number of alkyl halides is 1. The maximum Gasteiger partial charge on any atom is 0.140 e. The fourth-order valence-electron chi connectivity index (χ4n) is 1.43. The van der Waals surface area contributed by atoms with Crippen LogP contribution in [0.4, 0.5) is 5.69 Å². The van der Waals surface area contributed by atoms with Crippen LogP contribution in [-0.4, -0.2) is 10.7 Å². The van der Waals surface area contributed by atoms with E-state index in [4.69, 9.17) is 4.74 Å². The van der Waals surface area contributed by atoms with Gasteiger partial charge in [-0.05, 0) is 46.9 Å². The molecule has 4 heteroatoms. The van der Waals surface area contributed by atoms with Gasteiger partial charge in [-0.3, -0.25) is 0 Å². The van der Waals surface area contributed by atoms with E-state index in [-0.39, 0.29) is 3.61 Å². The second kappa shape index (κ2) is 5.55. The second-order valence-corrected chi connectivity index (χ2v) is 5.52. The summed E-state index contributed by atoms with van der Waals surface area (Å²) in [5.74, 6) is 0. The van der Waals surface area contributed by atoms with Gasteiger partial charge in [0.2, 0.25) is 0 Å². The first kappa shape index (κ1) is 12.4. The highest BCUT2D eigenvalue weighted by Crippen LogP contribution is 2.31. The first-order valence-electron chi connectivity index (χ1n) is 5.32. The van der Waals surface area contributed by atoms with Crippen molar-refractivity contribution in [3.8, 4) is 0 Å². The van der Waals surface area contributed by atoms with Gasteiger partial charge < -0.3 is 4.74 Å². The molecule has 0 fully saturated rings. The molecular formula is C13H13IN2O. The minimum absolute atomic E-state index is 0.233. The molecule has 0 aromatic heterocycles. The van der Waals surface area contributed by atoms with Gasteiger partial charge in [-0.15, -0.1) is 0 Å². The van der Waals surface area contributed by atoms with Gasteiger partial charge in [-0.25, -0.2) is 0 Å². The van der Waals surface area contributed by atoms with Crippen molar-refractivity contribution in [3.05, 3.63) is 54.3 Å². The van der Waals surface area contributed by atoms with Crippen LogP contribution in [0.2, 0.25) is 0 Å². The van der Waals surface area contributed by atoms with Gasteiger partial charge in [-0.1, -0.05) is 24.3 Å². The van der Waals surface area contributed by atoms with Crippen molar-refractivity contribution in [2.45, 2.75) is 10.0 Å². The Kier molecular flexibility index (Phi) is 4.06. The summed E-state index contributed by atoms with van der Waals surface area (Å²) in [5.41, 5.74) is 1.73. The number of azo groups is 1. The van der Waals surface area contributed by atoms with Crippen molar-refractivity contribution in [3.63, 3.8) is 0 Å². The molecule has 0 radical (unpaired) electrons. The molecule has 88 valence electrons. The number of methoxy groups -OCH3 is 1. The predicted molar refractivity (Wildman–Crippen MR) is 76.6 cm³/mol. The summed E-state index contributed by atoms with van der Waals surface area (Å²) in [4.78, 5) is 0. The van der Waals surface area contributed by atoms with Crippen LogP contribution in [0.15, 0.2) is 64.5 Å². The minimum atomic E-state index is -0.233. The van der Waals surface area contributed by atoms with E-state index in [0.29, 0.717) is 0 Å². The highest BCUT2D eigenvalue weighted by atomic mass is 127. The Labute approximate surface area is 114 Å². The van der Waals surface area contributed by atoms with E-state index in [0.717, 1.165) is 17.8 Å². The summed E-state index contributed by atoms with van der Waals surface area (Å²) in [7, 11) is 1.71. The summed E-state index contributed by atoms with van der Waals surface area (Å²) < 4.78 is 5.14. The van der Waals surface area contributed by atoms with Crippen LogP contribution in [-0.2, 0) is 4.74 Å². The molecule has 1 aromatic rings. The molecule has 1 aliphatic carbocycles. The van der Waals surface area contributed by atoms with Crippen LogP contribution in [0.5, 0.6) is 0 Å². The number of nitrogens with zero attached hydrogens (tertiary/aromatic N) is 2. The standard InChI is InChI=1S/C13H13IN2O/c1-17-13(14)9-7-12(8-10-13)16-15-11-5-3-2-4-6-11/h2-9H,10H2,1H3. The van der Waals surface area contributed by atoms with Gasteiger partial charge in [-0.2, -0.15) is 10.2 Å². The van der Waals surface area contributed by atoms with Crippen LogP contribution < -0.4 is 0 Å². The van der Waals surface area contributed by atoms with Gasteiger partial charge in [0.15, 0.2) is 0 Å². The van der Waals surface area contributed by atoms with E-state index >= 15 is 0 Å². The third kappa shape index (κ3) is 3.47. The number of rotatable bonds is 3. The van der Waals surface area contributed by atoms with Crippen LogP contribution in [0, 0.1) is 0 Å². The molecule has 0 saturated heterocycles. The topological polar surface area (TPSA) is 34.0 Å². The number of halogens is 1. The molecule has 17 heavy (non-hydrogen) atoms. The Bertz CT molecular complexity index is 468. The fourth-order valence-corrected chi connectivity index (χ4v) is 1.83. The van der Waals surface area contributed by atoms with Crippen molar-refractivity contribution in [1.29, 1.82) is 0 Å². The summed E-state index contributed by atoms with van der Waals surface area (Å²) in [5, 5.41) is 8.36. The summed E-state index contributed by atoms with van der Waals surface area (Å²) in [6.07, 6.45) is 6.78. The molecule has 0 bridgehead atoms. The lowest BCUT2D eigenvalue weighted by Crippen LogP contribution is -2.20. The van der Waals surface area contributed by atoms with E-state index in [1.807, 2.05) is 48.6 Å². The van der Waals surface area contributed by atoms with Crippen molar-refractivity contribution < 1.29 is 4.74 Å². The van der Waals surface area contributed by atoms with Gasteiger partial charge >= 0.3 is 0 Å². The summed E-state index contributed by atoms with van der Waals surface area (Å²) in [6, 6.07) is 9.70. The molecule has 1 aromatic carbocycles. The molecule has 0 aliphatic heterocycles.